The van der Waals surface area contributed by atoms with Gasteiger partial charge in [-0.05, 0) is 70.2 Å². The molecule has 3 aromatic rings. The van der Waals surface area contributed by atoms with E-state index in [-0.39, 0.29) is 12.2 Å². The van der Waals surface area contributed by atoms with Crippen LogP contribution in [0.3, 0.4) is 0 Å². The minimum absolute atomic E-state index is 0.255. The molecular weight excluding hydrogens is 525 g/mol. The van der Waals surface area contributed by atoms with Crippen LogP contribution in [0.2, 0.25) is 0 Å². The molecule has 1 aromatic heterocycles. The molecule has 6 rings (SSSR count). The van der Waals surface area contributed by atoms with Gasteiger partial charge in [0, 0.05) is 18.5 Å². The normalized spacial score (nSPS) is 20.8. The first-order valence-corrected chi connectivity index (χ1v) is 14.3. The molecule has 10 heteroatoms. The van der Waals surface area contributed by atoms with Gasteiger partial charge in [-0.3, -0.25) is 0 Å². The number of methoxy groups -OCH3 is 1. The maximum atomic E-state index is 13.2. The van der Waals surface area contributed by atoms with Gasteiger partial charge in [0.2, 0.25) is 0 Å². The summed E-state index contributed by atoms with van der Waals surface area (Å²) in [7, 11) is 3.18. The molecular formula is C31H38BNO8. The van der Waals surface area contributed by atoms with Crippen LogP contribution in [0.15, 0.2) is 39.5 Å². The van der Waals surface area contributed by atoms with Crippen LogP contribution in [0, 0.1) is 0 Å². The summed E-state index contributed by atoms with van der Waals surface area (Å²) in [6, 6.07) is 9.89. The third-order valence-corrected chi connectivity index (χ3v) is 8.71. The van der Waals surface area contributed by atoms with Crippen LogP contribution in [0.5, 0.6) is 11.5 Å². The lowest BCUT2D eigenvalue weighted by molar-refractivity contribution is -0.183. The molecule has 9 nitrogen and oxygen atoms in total. The van der Waals surface area contributed by atoms with Crippen molar-refractivity contribution >= 4 is 23.6 Å². The zero-order valence-corrected chi connectivity index (χ0v) is 24.7. The number of hydrogen-bond acceptors (Lipinski definition) is 9. The maximum Gasteiger partial charge on any atom is 0.494 e. The van der Waals surface area contributed by atoms with Gasteiger partial charge >= 0.3 is 12.7 Å². The number of fused-ring (bicyclic) bond motifs is 3. The third-order valence-electron chi connectivity index (χ3n) is 8.71. The van der Waals surface area contributed by atoms with Crippen molar-refractivity contribution in [3.8, 4) is 11.5 Å². The number of likely N-dealkylation sites (N-methyl/N-ethyl adjacent to an activating group) is 1. The van der Waals surface area contributed by atoms with Crippen molar-refractivity contribution in [2.24, 2.45) is 0 Å². The summed E-state index contributed by atoms with van der Waals surface area (Å²) in [5.74, 6) is 0.979. The molecule has 2 fully saturated rings. The minimum Gasteiger partial charge on any atom is -0.493 e. The Hall–Kier alpha value is -2.89. The first kappa shape index (κ1) is 28.2. The zero-order chi connectivity index (χ0) is 28.9. The summed E-state index contributed by atoms with van der Waals surface area (Å²) in [5, 5.41) is 0.830. The highest BCUT2D eigenvalue weighted by Crippen LogP contribution is 2.45. The largest absolute Gasteiger partial charge is 0.494 e. The predicted molar refractivity (Wildman–Crippen MR) is 155 cm³/mol. The molecule has 2 saturated heterocycles. The molecule has 41 heavy (non-hydrogen) atoms. The summed E-state index contributed by atoms with van der Waals surface area (Å²) in [5.41, 5.74) is 3.37. The SMILES string of the molecule is COc1cc2c3c(c(=O)oc2c(C2OCCCO2)c1OCc1ccc(B2OC(C)(C)C(C)(C)O2)cc1)CN(C)CC3. The van der Waals surface area contributed by atoms with Crippen LogP contribution in [0.25, 0.3) is 11.0 Å². The molecule has 0 bridgehead atoms. The molecule has 0 atom stereocenters. The molecule has 3 aliphatic rings. The van der Waals surface area contributed by atoms with Gasteiger partial charge in [0.1, 0.15) is 6.61 Å². The minimum atomic E-state index is -0.741. The van der Waals surface area contributed by atoms with Crippen LogP contribution >= 0.6 is 0 Å². The quantitative estimate of drug-likeness (QED) is 0.325. The number of ether oxygens (including phenoxy) is 4. The average molecular weight is 563 g/mol. The fourth-order valence-corrected chi connectivity index (χ4v) is 5.59. The first-order chi connectivity index (χ1) is 19.6. The monoisotopic (exact) mass is 563 g/mol. The summed E-state index contributed by atoms with van der Waals surface area (Å²) < 4.78 is 42.7. The Kier molecular flexibility index (Phi) is 7.40. The van der Waals surface area contributed by atoms with Gasteiger partial charge < -0.3 is 37.6 Å². The third kappa shape index (κ3) is 5.17. The summed E-state index contributed by atoms with van der Waals surface area (Å²) in [4.78, 5) is 15.3. The highest BCUT2D eigenvalue weighted by atomic mass is 16.7. The van der Waals surface area contributed by atoms with E-state index in [1.807, 2.05) is 65.1 Å². The fraction of sp³-hybridized carbons (Fsp3) is 0.516. The van der Waals surface area contributed by atoms with Gasteiger partial charge in [-0.15, -0.1) is 0 Å². The van der Waals surface area contributed by atoms with Gasteiger partial charge in [0.15, 0.2) is 23.4 Å². The van der Waals surface area contributed by atoms with Crippen LogP contribution in [-0.2, 0) is 38.4 Å². The van der Waals surface area contributed by atoms with E-state index >= 15 is 0 Å². The Labute approximate surface area is 240 Å². The van der Waals surface area contributed by atoms with E-state index in [1.165, 1.54) is 0 Å². The van der Waals surface area contributed by atoms with E-state index in [0.717, 1.165) is 41.4 Å². The van der Waals surface area contributed by atoms with E-state index in [0.29, 0.717) is 48.0 Å². The Morgan fingerprint density at radius 2 is 1.71 bits per heavy atom. The molecule has 0 unspecified atom stereocenters. The standard InChI is InChI=1S/C31H38BNO8/c1-30(2)31(3,4)41-32(40-30)20-10-8-19(9-11-20)18-38-27-24(35-6)16-22-21-12-13-33(5)17-23(21)28(34)39-26(22)25(27)29-36-14-7-15-37-29/h8-11,16,29H,7,12-15,17-18H2,1-6H3. The summed E-state index contributed by atoms with van der Waals surface area (Å²) >= 11 is 0. The molecule has 4 heterocycles. The van der Waals surface area contributed by atoms with E-state index in [1.54, 1.807) is 7.11 Å². The summed E-state index contributed by atoms with van der Waals surface area (Å²) in [6.45, 7) is 10.9. The van der Waals surface area contributed by atoms with Gasteiger partial charge in [0.05, 0.1) is 42.7 Å². The van der Waals surface area contributed by atoms with Crippen molar-refractivity contribution in [2.75, 3.05) is 33.9 Å². The van der Waals surface area contributed by atoms with Crippen LogP contribution in [0.1, 0.15) is 62.7 Å². The first-order valence-electron chi connectivity index (χ1n) is 14.3. The Bertz CT molecular complexity index is 1480. The number of benzene rings is 2. The average Bonchev–Trinajstić information content (AvgIpc) is 3.18. The van der Waals surface area contributed by atoms with Gasteiger partial charge in [0.25, 0.3) is 0 Å². The second-order valence-corrected chi connectivity index (χ2v) is 12.1. The highest BCUT2D eigenvalue weighted by molar-refractivity contribution is 6.62. The molecule has 0 saturated carbocycles. The Balaban J connectivity index is 1.34. The second kappa shape index (κ2) is 10.7. The van der Waals surface area contributed by atoms with Crippen molar-refractivity contribution < 1.29 is 32.7 Å². The van der Waals surface area contributed by atoms with E-state index in [9.17, 15) is 4.79 Å². The second-order valence-electron chi connectivity index (χ2n) is 12.1. The number of hydrogen-bond donors (Lipinski definition) is 0. The number of nitrogens with zero attached hydrogens (tertiary/aromatic N) is 1. The lowest BCUT2D eigenvalue weighted by Crippen LogP contribution is -2.41. The Morgan fingerprint density at radius 1 is 1.02 bits per heavy atom. The van der Waals surface area contributed by atoms with Crippen molar-refractivity contribution in [3.05, 3.63) is 63.0 Å². The maximum absolute atomic E-state index is 13.2. The lowest BCUT2D eigenvalue weighted by atomic mass is 9.79. The molecule has 0 spiro atoms. The summed E-state index contributed by atoms with van der Waals surface area (Å²) in [6.07, 6.45) is 0.780. The topological polar surface area (TPSA) is 88.8 Å². The van der Waals surface area contributed by atoms with E-state index in [2.05, 4.69) is 4.90 Å². The smallest absolute Gasteiger partial charge is 0.493 e. The lowest BCUT2D eigenvalue weighted by Gasteiger charge is -2.32. The van der Waals surface area contributed by atoms with Crippen molar-refractivity contribution in [3.63, 3.8) is 0 Å². The Morgan fingerprint density at radius 3 is 2.37 bits per heavy atom. The number of rotatable bonds is 6. The highest BCUT2D eigenvalue weighted by Gasteiger charge is 2.51. The van der Waals surface area contributed by atoms with Crippen LogP contribution in [0.4, 0.5) is 0 Å². The molecule has 0 aliphatic carbocycles. The fourth-order valence-electron chi connectivity index (χ4n) is 5.59. The van der Waals surface area contributed by atoms with Crippen LogP contribution < -0.4 is 20.6 Å². The van der Waals surface area contributed by atoms with Gasteiger partial charge in [-0.25, -0.2) is 4.79 Å². The van der Waals surface area contributed by atoms with Crippen LogP contribution in [-0.4, -0.2) is 57.1 Å². The predicted octanol–water partition coefficient (Wildman–Crippen LogP) is 4.10. The van der Waals surface area contributed by atoms with Crippen molar-refractivity contribution in [2.45, 2.75) is 71.2 Å². The van der Waals surface area contributed by atoms with E-state index < -0.39 is 24.6 Å². The van der Waals surface area contributed by atoms with Gasteiger partial charge in [-0.1, -0.05) is 24.3 Å². The van der Waals surface area contributed by atoms with Gasteiger partial charge in [-0.2, -0.15) is 0 Å². The van der Waals surface area contributed by atoms with Crippen molar-refractivity contribution in [1.29, 1.82) is 0 Å². The molecule has 218 valence electrons. The molecule has 2 aromatic carbocycles. The molecule has 0 N–H and O–H groups in total. The zero-order valence-electron chi connectivity index (χ0n) is 24.7. The van der Waals surface area contributed by atoms with Crippen molar-refractivity contribution in [1.82, 2.24) is 4.90 Å². The molecule has 3 aliphatic heterocycles. The molecule has 0 amide bonds. The van der Waals surface area contributed by atoms with E-state index in [4.69, 9.17) is 32.7 Å². The molecule has 0 radical (unpaired) electrons.